The zero-order valence-electron chi connectivity index (χ0n) is 9.41. The Labute approximate surface area is 97.3 Å². The van der Waals surface area contributed by atoms with Gasteiger partial charge in [0.2, 0.25) is 5.91 Å². The minimum absolute atomic E-state index is 0. The Bertz CT molecular complexity index is 198. The molecule has 1 amide bonds. The minimum atomic E-state index is -0.797. The SMILES string of the molecule is CC(C)(N)C(=O)NCC1CCCCO1.Cl. The summed E-state index contributed by atoms with van der Waals surface area (Å²) in [6.45, 7) is 4.79. The van der Waals surface area contributed by atoms with E-state index in [4.69, 9.17) is 10.5 Å². The number of ether oxygens (including phenoxy) is 1. The molecule has 0 aromatic rings. The predicted octanol–water partition coefficient (Wildman–Crippen LogP) is 0.831. The van der Waals surface area contributed by atoms with E-state index < -0.39 is 5.54 Å². The molecule has 15 heavy (non-hydrogen) atoms. The molecule has 1 unspecified atom stereocenters. The maximum Gasteiger partial charge on any atom is 0.239 e. The van der Waals surface area contributed by atoms with E-state index in [-0.39, 0.29) is 24.4 Å². The Morgan fingerprint density at radius 1 is 1.53 bits per heavy atom. The lowest BCUT2D eigenvalue weighted by Gasteiger charge is -2.25. The normalized spacial score (nSPS) is 21.7. The molecule has 1 heterocycles. The summed E-state index contributed by atoms with van der Waals surface area (Å²) in [5, 5.41) is 2.80. The van der Waals surface area contributed by atoms with Gasteiger partial charge < -0.3 is 15.8 Å². The van der Waals surface area contributed by atoms with Gasteiger partial charge in [0.1, 0.15) is 0 Å². The smallest absolute Gasteiger partial charge is 0.239 e. The number of hydrogen-bond donors (Lipinski definition) is 2. The number of nitrogens with two attached hydrogens (primary N) is 1. The van der Waals surface area contributed by atoms with Gasteiger partial charge in [-0.3, -0.25) is 4.79 Å². The van der Waals surface area contributed by atoms with Crippen LogP contribution in [0, 0.1) is 0 Å². The quantitative estimate of drug-likeness (QED) is 0.763. The molecule has 4 nitrogen and oxygen atoms in total. The first-order chi connectivity index (χ1) is 6.50. The molecule has 1 fully saturated rings. The van der Waals surface area contributed by atoms with Gasteiger partial charge in [0.05, 0.1) is 11.6 Å². The van der Waals surface area contributed by atoms with Crippen LogP contribution in [0.2, 0.25) is 0 Å². The van der Waals surface area contributed by atoms with Crippen LogP contribution in [-0.4, -0.2) is 30.7 Å². The van der Waals surface area contributed by atoms with Crippen molar-refractivity contribution in [2.75, 3.05) is 13.2 Å². The summed E-state index contributed by atoms with van der Waals surface area (Å²) in [4.78, 5) is 11.4. The lowest BCUT2D eigenvalue weighted by Crippen LogP contribution is -2.51. The molecule has 90 valence electrons. The molecular formula is C10H21ClN2O2. The maximum absolute atomic E-state index is 11.4. The maximum atomic E-state index is 11.4. The van der Waals surface area contributed by atoms with Crippen molar-refractivity contribution in [3.05, 3.63) is 0 Å². The second-order valence-corrected chi connectivity index (χ2v) is 4.42. The highest BCUT2D eigenvalue weighted by molar-refractivity contribution is 5.85. The molecule has 1 rings (SSSR count). The zero-order valence-corrected chi connectivity index (χ0v) is 10.2. The van der Waals surface area contributed by atoms with Crippen LogP contribution in [0.3, 0.4) is 0 Å². The summed E-state index contributed by atoms with van der Waals surface area (Å²) in [6, 6.07) is 0. The highest BCUT2D eigenvalue weighted by atomic mass is 35.5. The Balaban J connectivity index is 0.00000196. The summed E-state index contributed by atoms with van der Waals surface area (Å²) >= 11 is 0. The number of halogens is 1. The van der Waals surface area contributed by atoms with Crippen molar-refractivity contribution < 1.29 is 9.53 Å². The molecule has 3 N–H and O–H groups in total. The zero-order chi connectivity index (χ0) is 10.6. The van der Waals surface area contributed by atoms with E-state index in [1.54, 1.807) is 13.8 Å². The molecule has 0 saturated carbocycles. The number of carbonyl (C=O) groups is 1. The fourth-order valence-corrected chi connectivity index (χ4v) is 1.40. The first-order valence-corrected chi connectivity index (χ1v) is 5.19. The first kappa shape index (κ1) is 14.7. The van der Waals surface area contributed by atoms with Gasteiger partial charge in [0, 0.05) is 13.2 Å². The van der Waals surface area contributed by atoms with E-state index in [1.807, 2.05) is 0 Å². The van der Waals surface area contributed by atoms with E-state index in [9.17, 15) is 4.79 Å². The highest BCUT2D eigenvalue weighted by Gasteiger charge is 2.23. The average Bonchev–Trinajstić information content (AvgIpc) is 2.14. The number of hydrogen-bond acceptors (Lipinski definition) is 3. The third-order valence-electron chi connectivity index (χ3n) is 2.35. The first-order valence-electron chi connectivity index (χ1n) is 5.19. The van der Waals surface area contributed by atoms with Crippen molar-refractivity contribution in [3.63, 3.8) is 0 Å². The molecule has 1 aliphatic rings. The average molecular weight is 237 g/mol. The molecule has 0 bridgehead atoms. The largest absolute Gasteiger partial charge is 0.376 e. The molecule has 1 saturated heterocycles. The summed E-state index contributed by atoms with van der Waals surface area (Å²) in [5.41, 5.74) is 4.84. The van der Waals surface area contributed by atoms with E-state index in [2.05, 4.69) is 5.32 Å². The van der Waals surface area contributed by atoms with Gasteiger partial charge in [-0.05, 0) is 33.1 Å². The Morgan fingerprint density at radius 3 is 2.67 bits per heavy atom. The lowest BCUT2D eigenvalue weighted by molar-refractivity contribution is -0.126. The van der Waals surface area contributed by atoms with Crippen molar-refractivity contribution in [2.45, 2.75) is 44.8 Å². The standard InChI is InChI=1S/C10H20N2O2.ClH/c1-10(2,11)9(13)12-7-8-5-3-4-6-14-8;/h8H,3-7,11H2,1-2H3,(H,12,13);1H. The Kier molecular flexibility index (Phi) is 6.17. The van der Waals surface area contributed by atoms with Gasteiger partial charge in [-0.1, -0.05) is 0 Å². The fraction of sp³-hybridized carbons (Fsp3) is 0.900. The van der Waals surface area contributed by atoms with Gasteiger partial charge in [-0.15, -0.1) is 12.4 Å². The van der Waals surface area contributed by atoms with Crippen LogP contribution in [0.4, 0.5) is 0 Å². The molecular weight excluding hydrogens is 216 g/mol. The van der Waals surface area contributed by atoms with E-state index in [1.165, 1.54) is 6.42 Å². The van der Waals surface area contributed by atoms with Crippen molar-refractivity contribution in [1.29, 1.82) is 0 Å². The minimum Gasteiger partial charge on any atom is -0.376 e. The van der Waals surface area contributed by atoms with E-state index >= 15 is 0 Å². The van der Waals surface area contributed by atoms with Crippen LogP contribution in [0.1, 0.15) is 33.1 Å². The number of nitrogens with one attached hydrogen (secondary N) is 1. The summed E-state index contributed by atoms with van der Waals surface area (Å²) < 4.78 is 5.49. The molecule has 0 spiro atoms. The van der Waals surface area contributed by atoms with Crippen LogP contribution in [0.15, 0.2) is 0 Å². The van der Waals surface area contributed by atoms with Crippen molar-refractivity contribution in [3.8, 4) is 0 Å². The topological polar surface area (TPSA) is 64.4 Å². The van der Waals surface area contributed by atoms with Crippen molar-refractivity contribution in [2.24, 2.45) is 5.73 Å². The Hall–Kier alpha value is -0.320. The predicted molar refractivity (Wildman–Crippen MR) is 62.1 cm³/mol. The molecule has 0 radical (unpaired) electrons. The van der Waals surface area contributed by atoms with Crippen LogP contribution in [0.25, 0.3) is 0 Å². The van der Waals surface area contributed by atoms with Gasteiger partial charge in [0.25, 0.3) is 0 Å². The van der Waals surface area contributed by atoms with Crippen molar-refractivity contribution in [1.82, 2.24) is 5.32 Å². The third kappa shape index (κ3) is 5.35. The summed E-state index contributed by atoms with van der Waals surface area (Å²) in [5.74, 6) is -0.119. The van der Waals surface area contributed by atoms with Gasteiger partial charge in [-0.25, -0.2) is 0 Å². The monoisotopic (exact) mass is 236 g/mol. The number of carbonyl (C=O) groups excluding carboxylic acids is 1. The second kappa shape index (κ2) is 6.30. The van der Waals surface area contributed by atoms with Gasteiger partial charge >= 0.3 is 0 Å². The Morgan fingerprint density at radius 2 is 2.20 bits per heavy atom. The van der Waals surface area contributed by atoms with Gasteiger partial charge in [-0.2, -0.15) is 0 Å². The second-order valence-electron chi connectivity index (χ2n) is 4.42. The van der Waals surface area contributed by atoms with Gasteiger partial charge in [0.15, 0.2) is 0 Å². The molecule has 5 heteroatoms. The van der Waals surface area contributed by atoms with Crippen LogP contribution < -0.4 is 11.1 Å². The number of amides is 1. The summed E-state index contributed by atoms with van der Waals surface area (Å²) in [7, 11) is 0. The van der Waals surface area contributed by atoms with Crippen LogP contribution in [-0.2, 0) is 9.53 Å². The van der Waals surface area contributed by atoms with Crippen LogP contribution in [0.5, 0.6) is 0 Å². The van der Waals surface area contributed by atoms with E-state index in [0.29, 0.717) is 6.54 Å². The highest BCUT2D eigenvalue weighted by Crippen LogP contribution is 2.11. The lowest BCUT2D eigenvalue weighted by atomic mass is 10.1. The fourth-order valence-electron chi connectivity index (χ4n) is 1.40. The molecule has 0 aromatic carbocycles. The number of rotatable bonds is 3. The van der Waals surface area contributed by atoms with E-state index in [0.717, 1.165) is 19.4 Å². The molecule has 1 atom stereocenters. The molecule has 0 aromatic heterocycles. The molecule has 1 aliphatic heterocycles. The molecule has 0 aliphatic carbocycles. The summed E-state index contributed by atoms with van der Waals surface area (Å²) in [6.07, 6.45) is 3.53. The third-order valence-corrected chi connectivity index (χ3v) is 2.35. The van der Waals surface area contributed by atoms with Crippen LogP contribution >= 0.6 is 12.4 Å². The van der Waals surface area contributed by atoms with Crippen molar-refractivity contribution >= 4 is 18.3 Å².